The molecule has 1 N–H and O–H groups in total. The molecule has 1 saturated heterocycles. The molecule has 0 radical (unpaired) electrons. The lowest BCUT2D eigenvalue weighted by Gasteiger charge is -2.16. The number of cyclic esters (lactones) is 1. The first-order valence-corrected chi connectivity index (χ1v) is 6.62. The highest BCUT2D eigenvalue weighted by Gasteiger charge is 2.40. The summed E-state index contributed by atoms with van der Waals surface area (Å²) in [6, 6.07) is 10.9. The van der Waals surface area contributed by atoms with Gasteiger partial charge in [-0.25, -0.2) is 0 Å². The lowest BCUT2D eigenvalue weighted by Crippen LogP contribution is -2.25. The number of carbonyl (C=O) groups excluding carboxylic acids is 2. The fourth-order valence-corrected chi connectivity index (χ4v) is 2.38. The van der Waals surface area contributed by atoms with Crippen LogP contribution in [0.2, 0.25) is 0 Å². The largest absolute Gasteiger partial charge is 0.457 e. The number of aromatic nitrogens is 1. The van der Waals surface area contributed by atoms with E-state index in [1.165, 1.54) is 0 Å². The standard InChI is InChI=1S/C15H14N2O4/c1-9-7-12(17-21-9)16-15(19)11-8-13(18)20-14(11)10-5-3-2-4-6-10/h2-7,11,14H,8H2,1H3,(H,16,17,19)/t11-,14+/m0/s1. The molecule has 6 heteroatoms. The van der Waals surface area contributed by atoms with Gasteiger partial charge in [-0.15, -0.1) is 0 Å². The normalized spacial score (nSPS) is 21.1. The van der Waals surface area contributed by atoms with Gasteiger partial charge in [0.25, 0.3) is 0 Å². The number of nitrogens with zero attached hydrogens (tertiary/aromatic N) is 1. The molecule has 21 heavy (non-hydrogen) atoms. The van der Waals surface area contributed by atoms with Crippen LogP contribution in [-0.4, -0.2) is 17.0 Å². The molecule has 3 rings (SSSR count). The number of carbonyl (C=O) groups is 2. The zero-order chi connectivity index (χ0) is 14.8. The van der Waals surface area contributed by atoms with Gasteiger partial charge in [-0.3, -0.25) is 9.59 Å². The Hall–Kier alpha value is -2.63. The molecule has 1 aliphatic rings. The van der Waals surface area contributed by atoms with E-state index in [2.05, 4.69) is 10.5 Å². The minimum Gasteiger partial charge on any atom is -0.457 e. The van der Waals surface area contributed by atoms with Gasteiger partial charge in [0, 0.05) is 6.07 Å². The average molecular weight is 286 g/mol. The minimum absolute atomic E-state index is 0.0578. The van der Waals surface area contributed by atoms with Crippen molar-refractivity contribution >= 4 is 17.7 Å². The zero-order valence-electron chi connectivity index (χ0n) is 11.4. The molecular formula is C15H14N2O4. The Labute approximate surface area is 121 Å². The van der Waals surface area contributed by atoms with Crippen LogP contribution in [0, 0.1) is 12.8 Å². The molecule has 1 aromatic carbocycles. The van der Waals surface area contributed by atoms with Crippen LogP contribution in [-0.2, 0) is 14.3 Å². The maximum absolute atomic E-state index is 12.3. The second kappa shape index (κ2) is 5.40. The Morgan fingerprint density at radius 3 is 2.76 bits per heavy atom. The van der Waals surface area contributed by atoms with Gasteiger partial charge in [-0.2, -0.15) is 0 Å². The third-order valence-corrected chi connectivity index (χ3v) is 3.35. The summed E-state index contributed by atoms with van der Waals surface area (Å²) in [5.74, 6) is -0.312. The third kappa shape index (κ3) is 2.79. The van der Waals surface area contributed by atoms with Crippen molar-refractivity contribution in [3.63, 3.8) is 0 Å². The molecule has 1 fully saturated rings. The van der Waals surface area contributed by atoms with Gasteiger partial charge in [0.2, 0.25) is 5.91 Å². The molecule has 0 unspecified atom stereocenters. The number of rotatable bonds is 3. The molecular weight excluding hydrogens is 272 g/mol. The van der Waals surface area contributed by atoms with E-state index in [0.717, 1.165) is 5.56 Å². The summed E-state index contributed by atoms with van der Waals surface area (Å²) in [6.45, 7) is 1.73. The number of hydrogen-bond acceptors (Lipinski definition) is 5. The van der Waals surface area contributed by atoms with Crippen LogP contribution in [0.15, 0.2) is 40.9 Å². The molecule has 2 atom stereocenters. The smallest absolute Gasteiger partial charge is 0.307 e. The summed E-state index contributed by atoms with van der Waals surface area (Å²) in [6.07, 6.45) is -0.505. The Morgan fingerprint density at radius 2 is 2.10 bits per heavy atom. The number of hydrogen-bond donors (Lipinski definition) is 1. The van der Waals surface area contributed by atoms with Gasteiger partial charge in [0.1, 0.15) is 11.9 Å². The molecule has 108 valence electrons. The van der Waals surface area contributed by atoms with Crippen molar-refractivity contribution in [3.05, 3.63) is 47.7 Å². The van der Waals surface area contributed by atoms with Gasteiger partial charge < -0.3 is 14.6 Å². The Morgan fingerprint density at radius 1 is 1.33 bits per heavy atom. The van der Waals surface area contributed by atoms with Crippen molar-refractivity contribution in [2.75, 3.05) is 5.32 Å². The summed E-state index contributed by atoms with van der Waals surface area (Å²) in [5.41, 5.74) is 0.805. The first kappa shape index (κ1) is 13.4. The molecule has 2 heterocycles. The predicted molar refractivity (Wildman–Crippen MR) is 73.3 cm³/mol. The number of esters is 1. The Balaban J connectivity index is 1.79. The Kier molecular flexibility index (Phi) is 3.43. The summed E-state index contributed by atoms with van der Waals surface area (Å²) in [4.78, 5) is 23.9. The molecule has 0 spiro atoms. The van der Waals surface area contributed by atoms with Crippen molar-refractivity contribution in [2.45, 2.75) is 19.4 Å². The molecule has 1 amide bonds. The van der Waals surface area contributed by atoms with E-state index < -0.39 is 12.0 Å². The monoisotopic (exact) mass is 286 g/mol. The summed E-state index contributed by atoms with van der Waals surface area (Å²) in [7, 11) is 0. The maximum atomic E-state index is 12.3. The highest BCUT2D eigenvalue weighted by molar-refractivity contribution is 5.95. The Bertz CT molecular complexity index is 665. The van der Waals surface area contributed by atoms with Crippen LogP contribution in [0.1, 0.15) is 23.8 Å². The van der Waals surface area contributed by atoms with Gasteiger partial charge in [-0.1, -0.05) is 35.5 Å². The second-order valence-electron chi connectivity index (χ2n) is 4.94. The fourth-order valence-electron chi connectivity index (χ4n) is 2.38. The van der Waals surface area contributed by atoms with Gasteiger partial charge in [-0.05, 0) is 12.5 Å². The van der Waals surface area contributed by atoms with Crippen LogP contribution >= 0.6 is 0 Å². The fraction of sp³-hybridized carbons (Fsp3) is 0.267. The van der Waals surface area contributed by atoms with Crippen molar-refractivity contribution in [2.24, 2.45) is 5.92 Å². The van der Waals surface area contributed by atoms with E-state index in [9.17, 15) is 9.59 Å². The van der Waals surface area contributed by atoms with Crippen LogP contribution < -0.4 is 5.32 Å². The summed E-state index contributed by atoms with van der Waals surface area (Å²) in [5, 5.41) is 6.36. The maximum Gasteiger partial charge on any atom is 0.307 e. The first-order chi connectivity index (χ1) is 10.1. The molecule has 6 nitrogen and oxygen atoms in total. The number of nitrogens with one attached hydrogen (secondary N) is 1. The van der Waals surface area contributed by atoms with E-state index >= 15 is 0 Å². The van der Waals surface area contributed by atoms with E-state index in [4.69, 9.17) is 9.26 Å². The first-order valence-electron chi connectivity index (χ1n) is 6.62. The third-order valence-electron chi connectivity index (χ3n) is 3.35. The molecule has 1 aromatic heterocycles. The van der Waals surface area contributed by atoms with Gasteiger partial charge >= 0.3 is 5.97 Å². The minimum atomic E-state index is -0.572. The van der Waals surface area contributed by atoms with Crippen molar-refractivity contribution in [1.82, 2.24) is 5.16 Å². The van der Waals surface area contributed by atoms with Crippen LogP contribution in [0.5, 0.6) is 0 Å². The highest BCUT2D eigenvalue weighted by Crippen LogP contribution is 2.35. The topological polar surface area (TPSA) is 81.4 Å². The number of aryl methyl sites for hydroxylation is 1. The van der Waals surface area contributed by atoms with E-state index in [1.54, 1.807) is 13.0 Å². The predicted octanol–water partition coefficient (Wildman–Crippen LogP) is 2.23. The van der Waals surface area contributed by atoms with Crippen molar-refractivity contribution in [3.8, 4) is 0 Å². The molecule has 0 saturated carbocycles. The van der Waals surface area contributed by atoms with Crippen molar-refractivity contribution in [1.29, 1.82) is 0 Å². The highest BCUT2D eigenvalue weighted by atomic mass is 16.6. The molecule has 0 aliphatic carbocycles. The lowest BCUT2D eigenvalue weighted by atomic mass is 9.94. The van der Waals surface area contributed by atoms with E-state index in [-0.39, 0.29) is 18.3 Å². The van der Waals surface area contributed by atoms with E-state index in [0.29, 0.717) is 11.6 Å². The average Bonchev–Trinajstić information content (AvgIpc) is 3.06. The number of amides is 1. The SMILES string of the molecule is Cc1cc(NC(=O)[C@H]2CC(=O)O[C@@H]2c2ccccc2)no1. The quantitative estimate of drug-likeness (QED) is 0.875. The number of benzene rings is 1. The second-order valence-corrected chi connectivity index (χ2v) is 4.94. The summed E-state index contributed by atoms with van der Waals surface area (Å²) < 4.78 is 10.2. The van der Waals surface area contributed by atoms with Gasteiger partial charge in [0.15, 0.2) is 5.82 Å². The summed E-state index contributed by atoms with van der Waals surface area (Å²) >= 11 is 0. The van der Waals surface area contributed by atoms with Crippen LogP contribution in [0.3, 0.4) is 0 Å². The van der Waals surface area contributed by atoms with Gasteiger partial charge in [0.05, 0.1) is 12.3 Å². The van der Waals surface area contributed by atoms with E-state index in [1.807, 2.05) is 30.3 Å². The molecule has 2 aromatic rings. The lowest BCUT2D eigenvalue weighted by molar-refractivity contribution is -0.141. The number of anilines is 1. The zero-order valence-corrected chi connectivity index (χ0v) is 11.4. The number of ether oxygens (including phenoxy) is 1. The van der Waals surface area contributed by atoms with Crippen LogP contribution in [0.4, 0.5) is 5.82 Å². The van der Waals surface area contributed by atoms with Crippen LogP contribution in [0.25, 0.3) is 0 Å². The van der Waals surface area contributed by atoms with Crippen molar-refractivity contribution < 1.29 is 18.8 Å². The molecule has 0 bridgehead atoms. The molecule has 1 aliphatic heterocycles.